The van der Waals surface area contributed by atoms with Crippen LogP contribution in [0.1, 0.15) is 38.7 Å². The van der Waals surface area contributed by atoms with Crippen LogP contribution in [0.15, 0.2) is 18.2 Å². The van der Waals surface area contributed by atoms with Crippen molar-refractivity contribution in [2.75, 3.05) is 13.3 Å². The Morgan fingerprint density at radius 3 is 2.81 bits per heavy atom. The molecule has 0 saturated heterocycles. The number of rotatable bonds is 7. The van der Waals surface area contributed by atoms with Gasteiger partial charge in [-0.1, -0.05) is 19.9 Å². The zero-order valence-electron chi connectivity index (χ0n) is 12.8. The van der Waals surface area contributed by atoms with Crippen LogP contribution < -0.4 is 20.5 Å². The van der Waals surface area contributed by atoms with E-state index in [0.29, 0.717) is 19.5 Å². The Hall–Kier alpha value is -1.75. The van der Waals surface area contributed by atoms with Crippen molar-refractivity contribution in [2.45, 2.75) is 39.7 Å². The molecule has 0 saturated carbocycles. The lowest BCUT2D eigenvalue weighted by Gasteiger charge is -2.23. The van der Waals surface area contributed by atoms with Crippen LogP contribution in [0.4, 0.5) is 0 Å². The molecule has 3 N–H and O–H groups in total. The van der Waals surface area contributed by atoms with E-state index in [-0.39, 0.29) is 18.1 Å². The van der Waals surface area contributed by atoms with Gasteiger partial charge in [0.2, 0.25) is 12.7 Å². The first-order valence-corrected chi connectivity index (χ1v) is 7.35. The lowest BCUT2D eigenvalue weighted by atomic mass is 9.84. The Bertz CT molecular complexity index is 500. The summed E-state index contributed by atoms with van der Waals surface area (Å²) >= 11 is 0. The molecule has 0 unspecified atom stereocenters. The first kappa shape index (κ1) is 15.6. The quantitative estimate of drug-likeness (QED) is 0.808. The second kappa shape index (κ2) is 6.80. The van der Waals surface area contributed by atoms with Crippen molar-refractivity contribution in [3.05, 3.63) is 23.8 Å². The van der Waals surface area contributed by atoms with E-state index >= 15 is 0 Å². The summed E-state index contributed by atoms with van der Waals surface area (Å²) in [6.07, 6.45) is 2.30. The number of hydrogen-bond donors (Lipinski definition) is 2. The molecule has 1 aliphatic heterocycles. The Kier molecular flexibility index (Phi) is 5.07. The second-order valence-corrected chi connectivity index (χ2v) is 6.17. The minimum atomic E-state index is 0.0674. The molecule has 0 radical (unpaired) electrons. The summed E-state index contributed by atoms with van der Waals surface area (Å²) in [7, 11) is 0. The van der Waals surface area contributed by atoms with Crippen LogP contribution in [-0.4, -0.2) is 19.2 Å². The largest absolute Gasteiger partial charge is 0.454 e. The summed E-state index contributed by atoms with van der Waals surface area (Å²) in [4.78, 5) is 11.9. The van der Waals surface area contributed by atoms with E-state index in [0.717, 1.165) is 29.9 Å². The Morgan fingerprint density at radius 1 is 1.29 bits per heavy atom. The predicted octanol–water partition coefficient (Wildman–Crippen LogP) is 2.19. The molecule has 21 heavy (non-hydrogen) atoms. The van der Waals surface area contributed by atoms with Crippen molar-refractivity contribution >= 4 is 5.91 Å². The lowest BCUT2D eigenvalue weighted by Crippen LogP contribution is -2.25. The summed E-state index contributed by atoms with van der Waals surface area (Å²) in [5, 5.41) is 2.94. The molecule has 1 heterocycles. The standard InChI is InChI=1S/C16H24N2O3/c1-16(2,7-8-17)6-5-15(19)18-10-12-3-4-13-14(9-12)21-11-20-13/h3-4,9H,5-8,10-11,17H2,1-2H3,(H,18,19). The monoisotopic (exact) mass is 292 g/mol. The van der Waals surface area contributed by atoms with Gasteiger partial charge in [0, 0.05) is 13.0 Å². The van der Waals surface area contributed by atoms with E-state index in [1.54, 1.807) is 0 Å². The smallest absolute Gasteiger partial charge is 0.231 e. The van der Waals surface area contributed by atoms with Gasteiger partial charge in [0.15, 0.2) is 11.5 Å². The SMILES string of the molecule is CC(C)(CCN)CCC(=O)NCc1ccc2c(c1)OCO2. The molecule has 0 bridgehead atoms. The molecule has 0 spiro atoms. The van der Waals surface area contributed by atoms with E-state index in [1.807, 2.05) is 18.2 Å². The fourth-order valence-corrected chi connectivity index (χ4v) is 2.31. The van der Waals surface area contributed by atoms with Gasteiger partial charge in [0.25, 0.3) is 0 Å². The van der Waals surface area contributed by atoms with Gasteiger partial charge in [-0.15, -0.1) is 0 Å². The average Bonchev–Trinajstić information content (AvgIpc) is 2.90. The van der Waals surface area contributed by atoms with Gasteiger partial charge >= 0.3 is 0 Å². The van der Waals surface area contributed by atoms with Crippen molar-refractivity contribution in [1.82, 2.24) is 5.32 Å². The first-order chi connectivity index (χ1) is 10.00. The van der Waals surface area contributed by atoms with Crippen molar-refractivity contribution < 1.29 is 14.3 Å². The number of benzene rings is 1. The third kappa shape index (κ3) is 4.63. The molecule has 1 aromatic rings. The van der Waals surface area contributed by atoms with Gasteiger partial charge in [-0.25, -0.2) is 0 Å². The van der Waals surface area contributed by atoms with Gasteiger partial charge in [0.1, 0.15) is 0 Å². The minimum Gasteiger partial charge on any atom is -0.454 e. The third-order valence-corrected chi connectivity index (χ3v) is 3.78. The number of ether oxygens (including phenoxy) is 2. The minimum absolute atomic E-state index is 0.0674. The maximum Gasteiger partial charge on any atom is 0.231 e. The molecular weight excluding hydrogens is 268 g/mol. The summed E-state index contributed by atoms with van der Waals surface area (Å²) in [6.45, 7) is 5.72. The number of amides is 1. The maximum absolute atomic E-state index is 11.9. The first-order valence-electron chi connectivity index (χ1n) is 7.35. The molecule has 2 rings (SSSR count). The van der Waals surface area contributed by atoms with Gasteiger partial charge in [0.05, 0.1) is 0 Å². The summed E-state index contributed by atoms with van der Waals surface area (Å²) in [6, 6.07) is 5.71. The summed E-state index contributed by atoms with van der Waals surface area (Å²) < 4.78 is 10.6. The molecule has 1 aromatic carbocycles. The zero-order valence-corrected chi connectivity index (χ0v) is 12.8. The number of carbonyl (C=O) groups excluding carboxylic acids is 1. The molecule has 5 heteroatoms. The van der Waals surface area contributed by atoms with Crippen molar-refractivity contribution in [3.63, 3.8) is 0 Å². The zero-order chi connectivity index (χ0) is 15.3. The molecule has 0 aliphatic carbocycles. The Labute approximate surface area is 125 Å². The van der Waals surface area contributed by atoms with Crippen LogP contribution in [0, 0.1) is 5.41 Å². The van der Waals surface area contributed by atoms with Gasteiger partial charge in [-0.3, -0.25) is 4.79 Å². The number of fused-ring (bicyclic) bond motifs is 1. The van der Waals surface area contributed by atoms with Crippen molar-refractivity contribution in [1.29, 1.82) is 0 Å². The number of carbonyl (C=O) groups is 1. The normalized spacial score (nSPS) is 13.3. The van der Waals surface area contributed by atoms with E-state index < -0.39 is 0 Å². The van der Waals surface area contributed by atoms with Crippen LogP contribution >= 0.6 is 0 Å². The van der Waals surface area contributed by atoms with E-state index in [2.05, 4.69) is 19.2 Å². The Balaban J connectivity index is 1.76. The number of hydrogen-bond acceptors (Lipinski definition) is 4. The number of nitrogens with two attached hydrogens (primary N) is 1. The topological polar surface area (TPSA) is 73.6 Å². The highest BCUT2D eigenvalue weighted by Gasteiger charge is 2.18. The van der Waals surface area contributed by atoms with Gasteiger partial charge in [-0.05, 0) is 42.5 Å². The maximum atomic E-state index is 11.9. The molecule has 1 aliphatic rings. The van der Waals surface area contributed by atoms with Crippen LogP contribution in [-0.2, 0) is 11.3 Å². The highest BCUT2D eigenvalue weighted by atomic mass is 16.7. The molecule has 5 nitrogen and oxygen atoms in total. The Morgan fingerprint density at radius 2 is 2.05 bits per heavy atom. The molecule has 0 fully saturated rings. The molecule has 0 aromatic heterocycles. The highest BCUT2D eigenvalue weighted by Crippen LogP contribution is 2.32. The molecule has 1 amide bonds. The summed E-state index contributed by atoms with van der Waals surface area (Å²) in [5.41, 5.74) is 6.70. The lowest BCUT2D eigenvalue weighted by molar-refractivity contribution is -0.121. The van der Waals surface area contributed by atoms with Crippen molar-refractivity contribution in [2.24, 2.45) is 11.1 Å². The van der Waals surface area contributed by atoms with Crippen LogP contribution in [0.2, 0.25) is 0 Å². The van der Waals surface area contributed by atoms with E-state index in [9.17, 15) is 4.79 Å². The fourth-order valence-electron chi connectivity index (χ4n) is 2.31. The number of nitrogens with one attached hydrogen (secondary N) is 1. The van der Waals surface area contributed by atoms with Crippen LogP contribution in [0.25, 0.3) is 0 Å². The van der Waals surface area contributed by atoms with Crippen LogP contribution in [0.5, 0.6) is 11.5 Å². The van der Waals surface area contributed by atoms with Gasteiger partial charge < -0.3 is 20.5 Å². The van der Waals surface area contributed by atoms with Crippen molar-refractivity contribution in [3.8, 4) is 11.5 Å². The molecule has 116 valence electrons. The average molecular weight is 292 g/mol. The van der Waals surface area contributed by atoms with E-state index in [1.165, 1.54) is 0 Å². The summed E-state index contributed by atoms with van der Waals surface area (Å²) in [5.74, 6) is 1.57. The van der Waals surface area contributed by atoms with E-state index in [4.69, 9.17) is 15.2 Å². The third-order valence-electron chi connectivity index (χ3n) is 3.78. The second-order valence-electron chi connectivity index (χ2n) is 6.17. The fraction of sp³-hybridized carbons (Fsp3) is 0.562. The highest BCUT2D eigenvalue weighted by molar-refractivity contribution is 5.75. The predicted molar refractivity (Wildman–Crippen MR) is 81.1 cm³/mol. The molecular formula is C16H24N2O3. The van der Waals surface area contributed by atoms with Crippen LogP contribution in [0.3, 0.4) is 0 Å². The molecule has 0 atom stereocenters. The van der Waals surface area contributed by atoms with Gasteiger partial charge in [-0.2, -0.15) is 0 Å².